The number of benzene rings is 1. The van der Waals surface area contributed by atoms with Crippen molar-refractivity contribution in [3.8, 4) is 0 Å². The molecule has 1 amide bonds. The van der Waals surface area contributed by atoms with Gasteiger partial charge in [0.25, 0.3) is 0 Å². The van der Waals surface area contributed by atoms with Gasteiger partial charge in [-0.25, -0.2) is 0 Å². The maximum atomic E-state index is 11.5. The second-order valence-corrected chi connectivity index (χ2v) is 5.33. The topological polar surface area (TPSA) is 75.4 Å². The average molecular weight is 271 g/mol. The largest absolute Gasteiger partial charge is 0.394 e. The quantitative estimate of drug-likeness (QED) is 0.749. The first-order chi connectivity index (χ1) is 8.36. The summed E-state index contributed by atoms with van der Waals surface area (Å²) in [7, 11) is 0. The highest BCUT2D eigenvalue weighted by Crippen LogP contribution is 2.23. The molecule has 0 aliphatic rings. The summed E-state index contributed by atoms with van der Waals surface area (Å²) in [4.78, 5) is 11.5. The van der Waals surface area contributed by atoms with E-state index in [1.165, 1.54) is 0 Å². The molecule has 0 saturated carbocycles. The molecule has 0 heterocycles. The molecule has 1 atom stereocenters. The number of aliphatic hydroxyl groups is 1. The standard InChI is InChI=1S/C13H19ClN2O2/c1-13(2,8-16-12(18)11(15)7-17)9-3-5-10(14)6-4-9/h3-6,11,17H,7-8,15H2,1-2H3,(H,16,18). The summed E-state index contributed by atoms with van der Waals surface area (Å²) < 4.78 is 0. The zero-order chi connectivity index (χ0) is 13.8. The van der Waals surface area contributed by atoms with Gasteiger partial charge in [-0.15, -0.1) is 0 Å². The summed E-state index contributed by atoms with van der Waals surface area (Å²) in [5.41, 5.74) is 6.27. The van der Waals surface area contributed by atoms with E-state index in [1.54, 1.807) is 0 Å². The molecule has 4 N–H and O–H groups in total. The summed E-state index contributed by atoms with van der Waals surface area (Å²) in [5, 5.41) is 12.2. The molecule has 1 aromatic carbocycles. The van der Waals surface area contributed by atoms with E-state index in [-0.39, 0.29) is 17.9 Å². The maximum Gasteiger partial charge on any atom is 0.239 e. The molecule has 5 heteroatoms. The van der Waals surface area contributed by atoms with E-state index in [9.17, 15) is 4.79 Å². The molecule has 0 bridgehead atoms. The number of aliphatic hydroxyl groups excluding tert-OH is 1. The molecular weight excluding hydrogens is 252 g/mol. The average Bonchev–Trinajstić information content (AvgIpc) is 2.35. The molecule has 0 spiro atoms. The lowest BCUT2D eigenvalue weighted by Crippen LogP contribution is -2.46. The van der Waals surface area contributed by atoms with Gasteiger partial charge >= 0.3 is 0 Å². The molecule has 18 heavy (non-hydrogen) atoms. The predicted molar refractivity (Wildman–Crippen MR) is 72.5 cm³/mol. The molecule has 0 aliphatic carbocycles. The van der Waals surface area contributed by atoms with Crippen LogP contribution in [-0.2, 0) is 10.2 Å². The Kier molecular flexibility index (Phi) is 5.14. The van der Waals surface area contributed by atoms with Crippen molar-refractivity contribution in [1.82, 2.24) is 5.32 Å². The number of carbonyl (C=O) groups excluding carboxylic acids is 1. The van der Waals surface area contributed by atoms with Crippen LogP contribution in [0.25, 0.3) is 0 Å². The van der Waals surface area contributed by atoms with Crippen molar-refractivity contribution in [1.29, 1.82) is 0 Å². The Labute approximate surface area is 112 Å². The molecule has 0 fully saturated rings. The van der Waals surface area contributed by atoms with Gasteiger partial charge in [-0.2, -0.15) is 0 Å². The first-order valence-corrected chi connectivity index (χ1v) is 6.15. The summed E-state index contributed by atoms with van der Waals surface area (Å²) in [5.74, 6) is -0.348. The minimum Gasteiger partial charge on any atom is -0.394 e. The summed E-state index contributed by atoms with van der Waals surface area (Å²) >= 11 is 5.84. The zero-order valence-corrected chi connectivity index (χ0v) is 11.4. The molecule has 4 nitrogen and oxygen atoms in total. The molecule has 1 unspecified atom stereocenters. The minimum atomic E-state index is -0.869. The van der Waals surface area contributed by atoms with Crippen LogP contribution in [0.3, 0.4) is 0 Å². The fourth-order valence-electron chi connectivity index (χ4n) is 1.53. The minimum absolute atomic E-state index is 0.227. The lowest BCUT2D eigenvalue weighted by atomic mass is 9.84. The van der Waals surface area contributed by atoms with Crippen LogP contribution in [0.2, 0.25) is 5.02 Å². The van der Waals surface area contributed by atoms with Crippen molar-refractivity contribution >= 4 is 17.5 Å². The zero-order valence-electron chi connectivity index (χ0n) is 10.6. The third-order valence-electron chi connectivity index (χ3n) is 2.86. The Hall–Kier alpha value is -1.10. The van der Waals surface area contributed by atoms with Gasteiger partial charge in [-0.3, -0.25) is 4.79 Å². The molecule has 0 aliphatic heterocycles. The number of hydrogen-bond donors (Lipinski definition) is 3. The van der Waals surface area contributed by atoms with E-state index >= 15 is 0 Å². The van der Waals surface area contributed by atoms with Crippen molar-refractivity contribution in [2.75, 3.05) is 13.2 Å². The highest BCUT2D eigenvalue weighted by atomic mass is 35.5. The SMILES string of the molecule is CC(C)(CNC(=O)C(N)CO)c1ccc(Cl)cc1. The van der Waals surface area contributed by atoms with Crippen molar-refractivity contribution in [3.63, 3.8) is 0 Å². The first kappa shape index (κ1) is 15.0. The number of hydrogen-bond acceptors (Lipinski definition) is 3. The summed E-state index contributed by atoms with van der Waals surface area (Å²) in [6, 6.07) is 6.63. The molecule has 0 aromatic heterocycles. The summed E-state index contributed by atoms with van der Waals surface area (Å²) in [6.45, 7) is 4.12. The molecule has 100 valence electrons. The van der Waals surface area contributed by atoms with Crippen LogP contribution >= 0.6 is 11.6 Å². The molecule has 0 radical (unpaired) electrons. The van der Waals surface area contributed by atoms with Crippen LogP contribution in [0.1, 0.15) is 19.4 Å². The molecule has 1 rings (SSSR count). The van der Waals surface area contributed by atoms with Crippen molar-refractivity contribution < 1.29 is 9.90 Å². The molecule has 0 saturated heterocycles. The fourth-order valence-corrected chi connectivity index (χ4v) is 1.65. The van der Waals surface area contributed by atoms with Crippen LogP contribution in [0.5, 0.6) is 0 Å². The molecule has 1 aromatic rings. The number of rotatable bonds is 5. The highest BCUT2D eigenvalue weighted by molar-refractivity contribution is 6.30. The van der Waals surface area contributed by atoms with E-state index < -0.39 is 6.04 Å². The van der Waals surface area contributed by atoms with Gasteiger partial charge in [0.2, 0.25) is 5.91 Å². The van der Waals surface area contributed by atoms with Gasteiger partial charge in [-0.1, -0.05) is 37.6 Å². The third kappa shape index (κ3) is 3.98. The van der Waals surface area contributed by atoms with Crippen molar-refractivity contribution in [2.45, 2.75) is 25.3 Å². The second-order valence-electron chi connectivity index (χ2n) is 4.90. The van der Waals surface area contributed by atoms with E-state index in [1.807, 2.05) is 38.1 Å². The van der Waals surface area contributed by atoms with E-state index in [0.29, 0.717) is 11.6 Å². The van der Waals surface area contributed by atoms with Gasteiger partial charge in [0.1, 0.15) is 6.04 Å². The van der Waals surface area contributed by atoms with Crippen LogP contribution in [-0.4, -0.2) is 30.2 Å². The van der Waals surface area contributed by atoms with Crippen molar-refractivity contribution in [3.05, 3.63) is 34.9 Å². The Morgan fingerprint density at radius 3 is 2.50 bits per heavy atom. The third-order valence-corrected chi connectivity index (χ3v) is 3.12. The first-order valence-electron chi connectivity index (χ1n) is 5.77. The normalized spacial score (nSPS) is 13.2. The van der Waals surface area contributed by atoms with Crippen LogP contribution < -0.4 is 11.1 Å². The number of amides is 1. The van der Waals surface area contributed by atoms with E-state index in [4.69, 9.17) is 22.4 Å². The maximum absolute atomic E-state index is 11.5. The lowest BCUT2D eigenvalue weighted by Gasteiger charge is -2.26. The van der Waals surface area contributed by atoms with Gasteiger partial charge in [0.15, 0.2) is 0 Å². The monoisotopic (exact) mass is 270 g/mol. The molecular formula is C13H19ClN2O2. The Morgan fingerprint density at radius 1 is 1.44 bits per heavy atom. The Balaban J connectivity index is 2.65. The Morgan fingerprint density at radius 2 is 2.00 bits per heavy atom. The number of carbonyl (C=O) groups is 1. The van der Waals surface area contributed by atoms with Crippen LogP contribution in [0.15, 0.2) is 24.3 Å². The van der Waals surface area contributed by atoms with Crippen LogP contribution in [0, 0.1) is 0 Å². The predicted octanol–water partition coefficient (Wildman–Crippen LogP) is 1.05. The highest BCUT2D eigenvalue weighted by Gasteiger charge is 2.22. The lowest BCUT2D eigenvalue weighted by molar-refractivity contribution is -0.123. The van der Waals surface area contributed by atoms with Gasteiger partial charge in [-0.05, 0) is 17.7 Å². The van der Waals surface area contributed by atoms with E-state index in [0.717, 1.165) is 5.56 Å². The smallest absolute Gasteiger partial charge is 0.239 e. The van der Waals surface area contributed by atoms with Crippen molar-refractivity contribution in [2.24, 2.45) is 5.73 Å². The van der Waals surface area contributed by atoms with Crippen LogP contribution in [0.4, 0.5) is 0 Å². The second kappa shape index (κ2) is 6.18. The summed E-state index contributed by atoms with van der Waals surface area (Å²) in [6.07, 6.45) is 0. The van der Waals surface area contributed by atoms with Gasteiger partial charge < -0.3 is 16.2 Å². The van der Waals surface area contributed by atoms with Gasteiger partial charge in [0.05, 0.1) is 6.61 Å². The fraction of sp³-hybridized carbons (Fsp3) is 0.462. The number of nitrogens with two attached hydrogens (primary N) is 1. The Bertz CT molecular complexity index is 404. The van der Waals surface area contributed by atoms with E-state index in [2.05, 4.69) is 5.32 Å². The van der Waals surface area contributed by atoms with Gasteiger partial charge in [0, 0.05) is 17.0 Å². The number of halogens is 1. The number of nitrogens with one attached hydrogen (secondary N) is 1.